The molecule has 6 nitrogen and oxygen atoms in total. The molecule has 26 heavy (non-hydrogen) atoms. The molecule has 1 aromatic carbocycles. The van der Waals surface area contributed by atoms with Crippen LogP contribution in [0.1, 0.15) is 24.7 Å². The van der Waals surface area contributed by atoms with Crippen LogP contribution < -0.4 is 5.32 Å². The minimum absolute atomic E-state index is 0.0384. The molecule has 7 heteroatoms. The number of aromatic nitrogens is 3. The third kappa shape index (κ3) is 4.49. The lowest BCUT2D eigenvalue weighted by Gasteiger charge is -2.14. The van der Waals surface area contributed by atoms with Crippen LogP contribution in [0.5, 0.6) is 0 Å². The zero-order valence-corrected chi connectivity index (χ0v) is 15.7. The maximum Gasteiger partial charge on any atom is 0.240 e. The van der Waals surface area contributed by atoms with Crippen LogP contribution in [0.3, 0.4) is 0 Å². The maximum atomic E-state index is 12.4. The Kier molecular flexibility index (Phi) is 5.68. The van der Waals surface area contributed by atoms with E-state index < -0.39 is 0 Å². The second-order valence-corrected chi connectivity index (χ2v) is 6.78. The van der Waals surface area contributed by atoms with Gasteiger partial charge in [0.1, 0.15) is 12.3 Å². The number of amides is 1. The molecule has 0 aliphatic rings. The van der Waals surface area contributed by atoms with E-state index in [1.54, 1.807) is 10.8 Å². The number of benzene rings is 1. The van der Waals surface area contributed by atoms with Gasteiger partial charge < -0.3 is 9.73 Å². The van der Waals surface area contributed by atoms with Crippen LogP contribution in [0.2, 0.25) is 0 Å². The number of aromatic amines is 1. The van der Waals surface area contributed by atoms with Gasteiger partial charge in [0.2, 0.25) is 5.91 Å². The first kappa shape index (κ1) is 18.1. The predicted molar refractivity (Wildman–Crippen MR) is 102 cm³/mol. The summed E-state index contributed by atoms with van der Waals surface area (Å²) in [5.74, 6) is 1.49. The first-order valence-corrected chi connectivity index (χ1v) is 8.98. The van der Waals surface area contributed by atoms with Gasteiger partial charge in [-0.2, -0.15) is 5.10 Å². The molecule has 2 N–H and O–H groups in total. The number of hydrogen-bond acceptors (Lipinski definition) is 4. The number of rotatable bonds is 7. The van der Waals surface area contributed by atoms with Gasteiger partial charge in [-0.15, -0.1) is 0 Å². The van der Waals surface area contributed by atoms with Crippen LogP contribution in [0.15, 0.2) is 47.1 Å². The molecule has 136 valence electrons. The van der Waals surface area contributed by atoms with Crippen LogP contribution in [0.25, 0.3) is 11.4 Å². The van der Waals surface area contributed by atoms with Crippen molar-refractivity contribution in [2.75, 3.05) is 0 Å². The second-order valence-electron chi connectivity index (χ2n) is 6.39. The van der Waals surface area contributed by atoms with Crippen LogP contribution in [-0.2, 0) is 17.8 Å². The monoisotopic (exact) mass is 370 g/mol. The highest BCUT2D eigenvalue weighted by Crippen LogP contribution is 2.17. The van der Waals surface area contributed by atoms with Gasteiger partial charge >= 0.3 is 0 Å². The van der Waals surface area contributed by atoms with Crippen molar-refractivity contribution in [3.63, 3.8) is 0 Å². The molecule has 1 atom stereocenters. The molecular weight excluding hydrogens is 348 g/mol. The van der Waals surface area contributed by atoms with Gasteiger partial charge in [-0.3, -0.25) is 14.5 Å². The van der Waals surface area contributed by atoms with E-state index in [0.29, 0.717) is 10.6 Å². The molecule has 0 bridgehead atoms. The fourth-order valence-corrected chi connectivity index (χ4v) is 2.93. The fourth-order valence-electron chi connectivity index (χ4n) is 2.74. The van der Waals surface area contributed by atoms with Crippen molar-refractivity contribution in [1.82, 2.24) is 20.1 Å². The lowest BCUT2D eigenvalue weighted by atomic mass is 10.1. The second kappa shape index (κ2) is 8.14. The Bertz CT molecular complexity index is 910. The van der Waals surface area contributed by atoms with Gasteiger partial charge in [0, 0.05) is 18.0 Å². The summed E-state index contributed by atoms with van der Waals surface area (Å²) in [6.45, 7) is 4.14. The van der Waals surface area contributed by atoms with Crippen LogP contribution in [0, 0.1) is 11.7 Å². The summed E-state index contributed by atoms with van der Waals surface area (Å²) < 4.78 is 7.47. The van der Waals surface area contributed by atoms with Gasteiger partial charge in [-0.1, -0.05) is 29.8 Å². The number of H-pyrrole nitrogens is 1. The molecule has 3 rings (SSSR count). The van der Waals surface area contributed by atoms with Gasteiger partial charge in [0.05, 0.1) is 6.26 Å². The van der Waals surface area contributed by atoms with Gasteiger partial charge in [0.15, 0.2) is 10.6 Å². The third-order valence-electron chi connectivity index (χ3n) is 4.18. The van der Waals surface area contributed by atoms with E-state index in [1.807, 2.05) is 50.2 Å². The highest BCUT2D eigenvalue weighted by molar-refractivity contribution is 7.71. The zero-order valence-electron chi connectivity index (χ0n) is 14.9. The summed E-state index contributed by atoms with van der Waals surface area (Å²) in [6.07, 6.45) is 3.25. The standard InChI is InChI=1S/C19H22N4O2S/c1-13-5-8-15(9-6-13)18-21-22-19(26)23(18)12-17(24)20-14(2)7-10-16-4-3-11-25-16/h3-6,8-9,11,14H,7,10,12H2,1-2H3,(H,20,24)(H,22,26). The summed E-state index contributed by atoms with van der Waals surface area (Å²) in [6, 6.07) is 11.8. The number of carbonyl (C=O) groups excluding carboxylic acids is 1. The average molecular weight is 370 g/mol. The highest BCUT2D eigenvalue weighted by atomic mass is 32.1. The van der Waals surface area contributed by atoms with E-state index >= 15 is 0 Å². The number of carbonyl (C=O) groups is 1. The average Bonchev–Trinajstić information content (AvgIpc) is 3.25. The smallest absolute Gasteiger partial charge is 0.240 e. The van der Waals surface area contributed by atoms with Gasteiger partial charge in [-0.05, 0) is 44.6 Å². The first-order chi connectivity index (χ1) is 12.5. The minimum Gasteiger partial charge on any atom is -0.469 e. The molecule has 3 aromatic rings. The largest absolute Gasteiger partial charge is 0.469 e. The number of aryl methyl sites for hydroxylation is 2. The Morgan fingerprint density at radius 1 is 1.35 bits per heavy atom. The van der Waals surface area contributed by atoms with Crippen LogP contribution in [0.4, 0.5) is 0 Å². The molecule has 0 radical (unpaired) electrons. The minimum atomic E-state index is -0.0946. The van der Waals surface area contributed by atoms with E-state index in [-0.39, 0.29) is 18.5 Å². The van der Waals surface area contributed by atoms with Crippen molar-refractivity contribution < 1.29 is 9.21 Å². The molecule has 2 heterocycles. The van der Waals surface area contributed by atoms with Crippen molar-refractivity contribution in [2.45, 2.75) is 39.3 Å². The lowest BCUT2D eigenvalue weighted by Crippen LogP contribution is -2.35. The van der Waals surface area contributed by atoms with Crippen LogP contribution >= 0.6 is 12.2 Å². The number of nitrogens with zero attached hydrogens (tertiary/aromatic N) is 2. The Labute approximate surface area is 157 Å². The SMILES string of the molecule is Cc1ccc(-c2n[nH]c(=S)n2CC(=O)NC(C)CCc2ccco2)cc1. The van der Waals surface area contributed by atoms with Crippen molar-refractivity contribution >= 4 is 18.1 Å². The van der Waals surface area contributed by atoms with Crippen LogP contribution in [-0.4, -0.2) is 26.7 Å². The maximum absolute atomic E-state index is 12.4. The number of furan rings is 1. The summed E-state index contributed by atoms with van der Waals surface area (Å²) in [4.78, 5) is 12.4. The summed E-state index contributed by atoms with van der Waals surface area (Å²) >= 11 is 5.29. The molecular formula is C19H22N4O2S. The molecule has 0 saturated carbocycles. The van der Waals surface area contributed by atoms with E-state index in [2.05, 4.69) is 15.5 Å². The first-order valence-electron chi connectivity index (χ1n) is 8.57. The number of nitrogens with one attached hydrogen (secondary N) is 2. The topological polar surface area (TPSA) is 75.8 Å². The molecule has 1 amide bonds. The molecule has 0 aliphatic carbocycles. The van der Waals surface area contributed by atoms with E-state index in [0.717, 1.165) is 29.7 Å². The van der Waals surface area contributed by atoms with Crippen molar-refractivity contribution in [3.8, 4) is 11.4 Å². The van der Waals surface area contributed by atoms with E-state index in [9.17, 15) is 4.79 Å². The molecule has 0 spiro atoms. The molecule has 0 aliphatic heterocycles. The third-order valence-corrected chi connectivity index (χ3v) is 4.49. The van der Waals surface area contributed by atoms with Crippen molar-refractivity contribution in [3.05, 3.63) is 58.8 Å². The van der Waals surface area contributed by atoms with E-state index in [4.69, 9.17) is 16.6 Å². The Balaban J connectivity index is 1.63. The molecule has 2 aromatic heterocycles. The predicted octanol–water partition coefficient (Wildman–Crippen LogP) is 3.65. The quantitative estimate of drug-likeness (QED) is 0.623. The van der Waals surface area contributed by atoms with E-state index in [1.165, 1.54) is 0 Å². The van der Waals surface area contributed by atoms with Gasteiger partial charge in [0.25, 0.3) is 0 Å². The molecule has 0 fully saturated rings. The zero-order chi connectivity index (χ0) is 18.5. The molecule has 0 saturated heterocycles. The number of hydrogen-bond donors (Lipinski definition) is 2. The Morgan fingerprint density at radius 2 is 2.12 bits per heavy atom. The van der Waals surface area contributed by atoms with Crippen molar-refractivity contribution in [2.24, 2.45) is 0 Å². The summed E-state index contributed by atoms with van der Waals surface area (Å²) in [5.41, 5.74) is 2.08. The highest BCUT2D eigenvalue weighted by Gasteiger charge is 2.14. The summed E-state index contributed by atoms with van der Waals surface area (Å²) in [5, 5.41) is 10.1. The Morgan fingerprint density at radius 3 is 2.81 bits per heavy atom. The lowest BCUT2D eigenvalue weighted by molar-refractivity contribution is -0.122. The van der Waals surface area contributed by atoms with Gasteiger partial charge in [-0.25, -0.2) is 0 Å². The normalized spacial score (nSPS) is 12.1. The Hall–Kier alpha value is -2.67. The fraction of sp³-hybridized carbons (Fsp3) is 0.316. The molecule has 1 unspecified atom stereocenters. The van der Waals surface area contributed by atoms with Crippen molar-refractivity contribution in [1.29, 1.82) is 0 Å². The summed E-state index contributed by atoms with van der Waals surface area (Å²) in [7, 11) is 0.